The van der Waals surface area contributed by atoms with Gasteiger partial charge in [0.1, 0.15) is 5.82 Å². The molecule has 8 nitrogen and oxygen atoms in total. The summed E-state index contributed by atoms with van der Waals surface area (Å²) in [4.78, 5) is 30.7. The zero-order chi connectivity index (χ0) is 22.1. The fraction of sp³-hybridized carbons (Fsp3) is 0.375. The SMILES string of the molecule is Nc1nccc2c1CCC2NC(=O)C1=CN(Cc2ccc(CN3CCCC3=O)cc2)NC1. The molecule has 0 saturated carbocycles. The molecular formula is C24H28N6O2. The second-order valence-electron chi connectivity index (χ2n) is 8.68. The van der Waals surface area contributed by atoms with Gasteiger partial charge in [0.2, 0.25) is 5.91 Å². The summed E-state index contributed by atoms with van der Waals surface area (Å²) in [5, 5.41) is 5.09. The first-order valence-electron chi connectivity index (χ1n) is 11.2. The second kappa shape index (κ2) is 8.63. The highest BCUT2D eigenvalue weighted by atomic mass is 16.2. The molecule has 2 amide bonds. The molecule has 0 bridgehead atoms. The van der Waals surface area contributed by atoms with Crippen molar-refractivity contribution in [3.8, 4) is 0 Å². The number of hydrazine groups is 1. The quantitative estimate of drug-likeness (QED) is 0.643. The van der Waals surface area contributed by atoms with Crippen LogP contribution in [-0.4, -0.2) is 39.8 Å². The van der Waals surface area contributed by atoms with Crippen LogP contribution in [0.4, 0.5) is 5.82 Å². The van der Waals surface area contributed by atoms with Crippen molar-refractivity contribution in [1.82, 2.24) is 25.6 Å². The predicted octanol–water partition coefficient (Wildman–Crippen LogP) is 1.79. The number of fused-ring (bicyclic) bond motifs is 1. The van der Waals surface area contributed by atoms with Gasteiger partial charge < -0.3 is 21.0 Å². The van der Waals surface area contributed by atoms with Crippen LogP contribution in [0.25, 0.3) is 0 Å². The van der Waals surface area contributed by atoms with Gasteiger partial charge in [0, 0.05) is 44.0 Å². The first-order valence-corrected chi connectivity index (χ1v) is 11.2. The fourth-order valence-electron chi connectivity index (χ4n) is 4.71. The molecular weight excluding hydrogens is 404 g/mol. The van der Waals surface area contributed by atoms with Crippen molar-refractivity contribution >= 4 is 17.6 Å². The minimum absolute atomic E-state index is 0.0206. The monoisotopic (exact) mass is 432 g/mol. The maximum absolute atomic E-state index is 12.8. The van der Waals surface area contributed by atoms with E-state index in [9.17, 15) is 9.59 Å². The Bertz CT molecular complexity index is 1060. The maximum Gasteiger partial charge on any atom is 0.250 e. The van der Waals surface area contributed by atoms with Crippen LogP contribution in [0, 0.1) is 0 Å². The number of likely N-dealkylation sites (tertiary alicyclic amines) is 1. The molecule has 32 heavy (non-hydrogen) atoms. The van der Waals surface area contributed by atoms with Crippen LogP contribution in [0.1, 0.15) is 47.6 Å². The number of benzene rings is 1. The van der Waals surface area contributed by atoms with E-state index in [0.717, 1.165) is 48.1 Å². The molecule has 4 N–H and O–H groups in total. The average molecular weight is 433 g/mol. The number of nitrogens with one attached hydrogen (secondary N) is 2. The Labute approximate surface area is 187 Å². The van der Waals surface area contributed by atoms with Gasteiger partial charge in [0.05, 0.1) is 12.6 Å². The van der Waals surface area contributed by atoms with E-state index in [-0.39, 0.29) is 17.9 Å². The summed E-state index contributed by atoms with van der Waals surface area (Å²) in [5.74, 6) is 0.747. The van der Waals surface area contributed by atoms with Crippen molar-refractivity contribution in [3.05, 3.63) is 70.6 Å². The molecule has 2 aromatic rings. The molecule has 5 rings (SSSR count). The van der Waals surface area contributed by atoms with Crippen molar-refractivity contribution in [2.75, 3.05) is 18.8 Å². The summed E-state index contributed by atoms with van der Waals surface area (Å²) in [6, 6.07) is 10.2. The molecule has 2 aliphatic heterocycles. The fourth-order valence-corrected chi connectivity index (χ4v) is 4.71. The number of nitrogens with zero attached hydrogens (tertiary/aromatic N) is 3. The molecule has 3 heterocycles. The summed E-state index contributed by atoms with van der Waals surface area (Å²) in [6.07, 6.45) is 6.88. The Kier molecular flexibility index (Phi) is 5.53. The van der Waals surface area contributed by atoms with E-state index in [1.807, 2.05) is 22.2 Å². The van der Waals surface area contributed by atoms with Crippen molar-refractivity contribution in [1.29, 1.82) is 0 Å². The molecule has 1 aliphatic carbocycles. The number of amides is 2. The standard InChI is InChI=1S/C24H28N6O2/c25-23-20-7-8-21(19(20)9-10-26-23)28-24(32)18-12-27-30(15-18)14-17-5-3-16(4-6-17)13-29-11-1-2-22(29)31/h3-6,9-10,15,21,27H,1-2,7-8,11-14H2,(H2,25,26)(H,28,32). The molecule has 3 aliphatic rings. The van der Waals surface area contributed by atoms with Gasteiger partial charge in [0.25, 0.3) is 5.91 Å². The molecule has 1 aromatic carbocycles. The zero-order valence-corrected chi connectivity index (χ0v) is 18.0. The van der Waals surface area contributed by atoms with Gasteiger partial charge in [0.15, 0.2) is 0 Å². The number of hydrogen-bond donors (Lipinski definition) is 3. The number of pyridine rings is 1. The van der Waals surface area contributed by atoms with E-state index in [2.05, 4.69) is 40.0 Å². The summed E-state index contributed by atoms with van der Waals surface area (Å²) in [7, 11) is 0. The lowest BCUT2D eigenvalue weighted by molar-refractivity contribution is -0.128. The largest absolute Gasteiger partial charge is 0.383 e. The van der Waals surface area contributed by atoms with Crippen molar-refractivity contribution in [2.45, 2.75) is 44.8 Å². The predicted molar refractivity (Wildman–Crippen MR) is 121 cm³/mol. The smallest absolute Gasteiger partial charge is 0.250 e. The van der Waals surface area contributed by atoms with Gasteiger partial charge in [-0.3, -0.25) is 9.59 Å². The van der Waals surface area contributed by atoms with E-state index < -0.39 is 0 Å². The van der Waals surface area contributed by atoms with Crippen LogP contribution in [0.15, 0.2) is 48.3 Å². The first-order chi connectivity index (χ1) is 15.6. The number of anilines is 1. The van der Waals surface area contributed by atoms with Gasteiger partial charge in [-0.1, -0.05) is 24.3 Å². The Morgan fingerprint density at radius 1 is 1.16 bits per heavy atom. The van der Waals surface area contributed by atoms with Crippen LogP contribution in [-0.2, 0) is 29.1 Å². The summed E-state index contributed by atoms with van der Waals surface area (Å²) in [5.41, 5.74) is 14.3. The van der Waals surface area contributed by atoms with E-state index in [1.54, 1.807) is 6.20 Å². The van der Waals surface area contributed by atoms with Crippen LogP contribution < -0.4 is 16.5 Å². The maximum atomic E-state index is 12.8. The van der Waals surface area contributed by atoms with Gasteiger partial charge >= 0.3 is 0 Å². The summed E-state index contributed by atoms with van der Waals surface area (Å²) < 4.78 is 0. The first kappa shape index (κ1) is 20.5. The number of carbonyl (C=O) groups is 2. The third-order valence-electron chi connectivity index (χ3n) is 6.49. The molecule has 8 heteroatoms. The van der Waals surface area contributed by atoms with Crippen molar-refractivity contribution < 1.29 is 9.59 Å². The molecule has 1 aromatic heterocycles. The Hall–Kier alpha value is -3.39. The summed E-state index contributed by atoms with van der Waals surface area (Å²) in [6.45, 7) is 2.69. The van der Waals surface area contributed by atoms with E-state index in [4.69, 9.17) is 5.73 Å². The lowest BCUT2D eigenvalue weighted by atomic mass is 10.1. The van der Waals surface area contributed by atoms with Gasteiger partial charge in [-0.2, -0.15) is 0 Å². The third-order valence-corrected chi connectivity index (χ3v) is 6.49. The zero-order valence-electron chi connectivity index (χ0n) is 18.0. The van der Waals surface area contributed by atoms with Crippen molar-refractivity contribution in [3.63, 3.8) is 0 Å². The van der Waals surface area contributed by atoms with Crippen LogP contribution in [0.5, 0.6) is 0 Å². The lowest BCUT2D eigenvalue weighted by Crippen LogP contribution is -2.31. The van der Waals surface area contributed by atoms with Crippen LogP contribution >= 0.6 is 0 Å². The van der Waals surface area contributed by atoms with Gasteiger partial charge in [-0.05, 0) is 47.6 Å². The number of rotatable bonds is 6. The van der Waals surface area contributed by atoms with Crippen LogP contribution in [0.2, 0.25) is 0 Å². The molecule has 1 atom stereocenters. The van der Waals surface area contributed by atoms with Crippen LogP contribution in [0.3, 0.4) is 0 Å². The Balaban J connectivity index is 1.16. The number of carbonyl (C=O) groups excluding carboxylic acids is 2. The highest BCUT2D eigenvalue weighted by Gasteiger charge is 2.28. The van der Waals surface area contributed by atoms with Gasteiger partial charge in [-0.15, -0.1) is 0 Å². The number of nitrogen functional groups attached to an aromatic ring is 1. The number of nitrogens with two attached hydrogens (primary N) is 1. The van der Waals surface area contributed by atoms with E-state index in [1.165, 1.54) is 0 Å². The minimum atomic E-state index is -0.0566. The molecule has 1 unspecified atom stereocenters. The van der Waals surface area contributed by atoms with E-state index >= 15 is 0 Å². The molecule has 0 spiro atoms. The molecule has 1 saturated heterocycles. The second-order valence-corrected chi connectivity index (χ2v) is 8.68. The molecule has 166 valence electrons. The number of aromatic nitrogens is 1. The number of hydrogen-bond acceptors (Lipinski definition) is 6. The third kappa shape index (κ3) is 4.18. The highest BCUT2D eigenvalue weighted by molar-refractivity contribution is 5.94. The minimum Gasteiger partial charge on any atom is -0.383 e. The Morgan fingerprint density at radius 3 is 2.69 bits per heavy atom. The summed E-state index contributed by atoms with van der Waals surface area (Å²) >= 11 is 0. The average Bonchev–Trinajstić information content (AvgIpc) is 3.52. The van der Waals surface area contributed by atoms with Crippen molar-refractivity contribution in [2.24, 2.45) is 0 Å². The molecule has 0 radical (unpaired) electrons. The Morgan fingerprint density at radius 2 is 1.94 bits per heavy atom. The lowest BCUT2D eigenvalue weighted by Gasteiger charge is -2.17. The topological polar surface area (TPSA) is 104 Å². The normalized spacial score (nSPS) is 19.9. The highest BCUT2D eigenvalue weighted by Crippen LogP contribution is 2.33. The molecule has 1 fully saturated rings. The van der Waals surface area contributed by atoms with Gasteiger partial charge in [-0.25, -0.2) is 10.4 Å². The van der Waals surface area contributed by atoms with E-state index in [0.29, 0.717) is 37.4 Å².